The summed E-state index contributed by atoms with van der Waals surface area (Å²) >= 11 is 11.1. The number of hydrogen-bond donors (Lipinski definition) is 2. The number of halogens is 1. The maximum atomic E-state index is 6.16. The Kier molecular flexibility index (Phi) is 7.11. The monoisotopic (exact) mass is 315 g/mol. The van der Waals surface area contributed by atoms with Gasteiger partial charge in [0.25, 0.3) is 0 Å². The lowest BCUT2D eigenvalue weighted by molar-refractivity contribution is 0.311. The van der Waals surface area contributed by atoms with Gasteiger partial charge in [-0.25, -0.2) is 0 Å². The first-order valence-corrected chi connectivity index (χ1v) is 6.98. The first-order valence-electron chi connectivity index (χ1n) is 6.19. The number of nitrogens with zero attached hydrogens (tertiary/aromatic N) is 1. The largest absolute Gasteiger partial charge is 0.493 e. The summed E-state index contributed by atoms with van der Waals surface area (Å²) in [4.78, 5) is 0. The van der Waals surface area contributed by atoms with Crippen LogP contribution in [0.4, 0.5) is 0 Å². The van der Waals surface area contributed by atoms with Crippen molar-refractivity contribution in [2.45, 2.75) is 13.8 Å². The van der Waals surface area contributed by atoms with Gasteiger partial charge in [0.15, 0.2) is 16.6 Å². The molecule has 0 aliphatic heterocycles. The van der Waals surface area contributed by atoms with Crippen LogP contribution in [0.1, 0.15) is 19.4 Å². The molecule has 0 fully saturated rings. The molecule has 0 amide bonds. The van der Waals surface area contributed by atoms with Crippen LogP contribution in [0.5, 0.6) is 11.5 Å². The van der Waals surface area contributed by atoms with Crippen molar-refractivity contribution in [3.63, 3.8) is 0 Å². The van der Waals surface area contributed by atoms with Crippen LogP contribution >= 0.6 is 23.8 Å². The molecule has 1 aromatic carbocycles. The first-order chi connectivity index (χ1) is 9.62. The minimum Gasteiger partial charge on any atom is -0.493 e. The molecule has 0 unspecified atom stereocenters. The standard InChI is InChI=1S/C13H18ClN3O2S/c1-4-15-13(20)17-16-8-9-6-10(14)12(19-5-2)11(7-9)18-3/h6-8H,4-5H2,1-3H3,(H2,15,17,20). The Morgan fingerprint density at radius 3 is 2.80 bits per heavy atom. The normalized spacial score (nSPS) is 10.4. The molecule has 0 radical (unpaired) electrons. The quantitative estimate of drug-likeness (QED) is 0.480. The fourth-order valence-electron chi connectivity index (χ4n) is 1.46. The van der Waals surface area contributed by atoms with Crippen LogP contribution in [0.2, 0.25) is 5.02 Å². The van der Waals surface area contributed by atoms with Gasteiger partial charge in [-0.2, -0.15) is 5.10 Å². The number of ether oxygens (including phenoxy) is 2. The van der Waals surface area contributed by atoms with Crippen LogP contribution < -0.4 is 20.2 Å². The van der Waals surface area contributed by atoms with E-state index < -0.39 is 0 Å². The van der Waals surface area contributed by atoms with Crippen molar-refractivity contribution in [2.24, 2.45) is 5.10 Å². The number of hydrazone groups is 1. The molecule has 7 heteroatoms. The molecule has 5 nitrogen and oxygen atoms in total. The molecule has 1 aromatic rings. The summed E-state index contributed by atoms with van der Waals surface area (Å²) in [6, 6.07) is 3.54. The lowest BCUT2D eigenvalue weighted by atomic mass is 10.2. The van der Waals surface area contributed by atoms with Crippen molar-refractivity contribution in [1.82, 2.24) is 10.7 Å². The molecule has 0 aliphatic rings. The smallest absolute Gasteiger partial charge is 0.186 e. The fourth-order valence-corrected chi connectivity index (χ4v) is 1.93. The third-order valence-electron chi connectivity index (χ3n) is 2.26. The summed E-state index contributed by atoms with van der Waals surface area (Å²) in [5, 5.41) is 7.89. The van der Waals surface area contributed by atoms with Gasteiger partial charge in [0.1, 0.15) is 0 Å². The van der Waals surface area contributed by atoms with Crippen LogP contribution in [0.15, 0.2) is 17.2 Å². The van der Waals surface area contributed by atoms with Gasteiger partial charge in [-0.05, 0) is 43.8 Å². The van der Waals surface area contributed by atoms with E-state index in [4.69, 9.17) is 33.3 Å². The van der Waals surface area contributed by atoms with Gasteiger partial charge >= 0.3 is 0 Å². The molecule has 110 valence electrons. The number of nitrogens with one attached hydrogen (secondary N) is 2. The Hall–Kier alpha value is -1.53. The molecule has 0 saturated heterocycles. The molecule has 0 bridgehead atoms. The minimum absolute atomic E-state index is 0.466. The van der Waals surface area contributed by atoms with Crippen LogP contribution in [0.3, 0.4) is 0 Å². The summed E-state index contributed by atoms with van der Waals surface area (Å²) in [5.41, 5.74) is 3.48. The average molecular weight is 316 g/mol. The first kappa shape index (κ1) is 16.5. The van der Waals surface area contributed by atoms with E-state index in [-0.39, 0.29) is 0 Å². The zero-order valence-electron chi connectivity index (χ0n) is 11.7. The highest BCUT2D eigenvalue weighted by Gasteiger charge is 2.10. The molecule has 0 aromatic heterocycles. The second-order valence-electron chi connectivity index (χ2n) is 3.70. The second kappa shape index (κ2) is 8.60. The molecule has 20 heavy (non-hydrogen) atoms. The number of thiocarbonyl (C=S) groups is 1. The zero-order chi connectivity index (χ0) is 15.0. The van der Waals surface area contributed by atoms with Crippen LogP contribution in [-0.2, 0) is 0 Å². The molecule has 0 aliphatic carbocycles. The SMILES string of the molecule is CCNC(=S)NN=Cc1cc(Cl)c(OCC)c(OC)c1. The van der Waals surface area contributed by atoms with E-state index in [0.717, 1.165) is 12.1 Å². The van der Waals surface area contributed by atoms with Gasteiger partial charge in [-0.3, -0.25) is 5.43 Å². The molecule has 2 N–H and O–H groups in total. The van der Waals surface area contributed by atoms with E-state index in [1.807, 2.05) is 13.8 Å². The van der Waals surface area contributed by atoms with Gasteiger partial charge in [0.05, 0.1) is 25.0 Å². The van der Waals surface area contributed by atoms with Crippen molar-refractivity contribution in [3.05, 3.63) is 22.7 Å². The van der Waals surface area contributed by atoms with Gasteiger partial charge in [0, 0.05) is 6.54 Å². The van der Waals surface area contributed by atoms with Gasteiger partial charge < -0.3 is 14.8 Å². The van der Waals surface area contributed by atoms with Gasteiger partial charge in [0.2, 0.25) is 0 Å². The Morgan fingerprint density at radius 1 is 1.45 bits per heavy atom. The lowest BCUT2D eigenvalue weighted by Crippen LogP contribution is -2.31. The third-order valence-corrected chi connectivity index (χ3v) is 2.77. The molecule has 0 saturated carbocycles. The number of methoxy groups -OCH3 is 1. The highest BCUT2D eigenvalue weighted by atomic mass is 35.5. The summed E-state index contributed by atoms with van der Waals surface area (Å²) in [6.07, 6.45) is 1.60. The molecular formula is C13H18ClN3O2S. The molecule has 1 rings (SSSR count). The third kappa shape index (κ3) is 4.86. The fraction of sp³-hybridized carbons (Fsp3) is 0.385. The second-order valence-corrected chi connectivity index (χ2v) is 4.51. The Bertz CT molecular complexity index is 495. The summed E-state index contributed by atoms with van der Waals surface area (Å²) in [7, 11) is 1.56. The van der Waals surface area contributed by atoms with E-state index in [9.17, 15) is 0 Å². The topological polar surface area (TPSA) is 54.9 Å². The summed E-state index contributed by atoms with van der Waals surface area (Å²) in [6.45, 7) is 5.09. The van der Waals surface area contributed by atoms with Crippen molar-refractivity contribution in [3.8, 4) is 11.5 Å². The van der Waals surface area contributed by atoms with Crippen molar-refractivity contribution in [1.29, 1.82) is 0 Å². The molecular weight excluding hydrogens is 298 g/mol. The van der Waals surface area contributed by atoms with Crippen molar-refractivity contribution < 1.29 is 9.47 Å². The van der Waals surface area contributed by atoms with E-state index in [1.54, 1.807) is 25.5 Å². The Morgan fingerprint density at radius 2 is 2.20 bits per heavy atom. The highest BCUT2D eigenvalue weighted by molar-refractivity contribution is 7.80. The van der Waals surface area contributed by atoms with Crippen molar-refractivity contribution in [2.75, 3.05) is 20.3 Å². The van der Waals surface area contributed by atoms with E-state index in [0.29, 0.717) is 28.2 Å². The van der Waals surface area contributed by atoms with Gasteiger partial charge in [-0.15, -0.1) is 0 Å². The van der Waals surface area contributed by atoms with Crippen LogP contribution in [-0.4, -0.2) is 31.6 Å². The minimum atomic E-state index is 0.466. The maximum Gasteiger partial charge on any atom is 0.186 e. The van der Waals surface area contributed by atoms with Crippen LogP contribution in [0, 0.1) is 0 Å². The maximum absolute atomic E-state index is 6.16. The average Bonchev–Trinajstić information content (AvgIpc) is 2.41. The number of rotatable bonds is 6. The van der Waals surface area contributed by atoms with E-state index in [2.05, 4.69) is 15.8 Å². The highest BCUT2D eigenvalue weighted by Crippen LogP contribution is 2.35. The predicted octanol–water partition coefficient (Wildman–Crippen LogP) is 2.57. The van der Waals surface area contributed by atoms with Crippen LogP contribution in [0.25, 0.3) is 0 Å². The van der Waals surface area contributed by atoms with Gasteiger partial charge in [-0.1, -0.05) is 11.6 Å². The number of benzene rings is 1. The Labute approximate surface area is 129 Å². The Balaban J connectivity index is 2.84. The van der Waals surface area contributed by atoms with Crippen molar-refractivity contribution >= 4 is 35.1 Å². The molecule has 0 atom stereocenters. The zero-order valence-corrected chi connectivity index (χ0v) is 13.3. The van der Waals surface area contributed by atoms with E-state index in [1.165, 1.54) is 0 Å². The molecule has 0 spiro atoms. The number of hydrogen-bond acceptors (Lipinski definition) is 4. The summed E-state index contributed by atoms with van der Waals surface area (Å²) < 4.78 is 10.7. The van der Waals surface area contributed by atoms with E-state index >= 15 is 0 Å². The lowest BCUT2D eigenvalue weighted by Gasteiger charge is -2.11. The summed E-state index contributed by atoms with van der Waals surface area (Å²) in [5.74, 6) is 1.10. The molecule has 0 heterocycles. The predicted molar refractivity (Wildman–Crippen MR) is 86.2 cm³/mol.